The van der Waals surface area contributed by atoms with Gasteiger partial charge in [-0.2, -0.15) is 0 Å². The van der Waals surface area contributed by atoms with Crippen LogP contribution in [-0.4, -0.2) is 21.4 Å². The van der Waals surface area contributed by atoms with E-state index in [1.54, 1.807) is 0 Å². The monoisotopic (exact) mass is 292 g/mol. The van der Waals surface area contributed by atoms with Crippen LogP contribution in [0, 0.1) is 15.9 Å². The van der Waals surface area contributed by atoms with Gasteiger partial charge in [-0.1, -0.05) is 13.0 Å². The minimum Gasteiger partial charge on any atom is -0.414 e. The Morgan fingerprint density at radius 3 is 2.71 bits per heavy atom. The minimum atomic E-state index is -0.843. The number of aromatic nitrogens is 2. The van der Waals surface area contributed by atoms with Crippen molar-refractivity contribution < 1.29 is 14.1 Å². The first kappa shape index (κ1) is 14.8. The van der Waals surface area contributed by atoms with Gasteiger partial charge in [0, 0.05) is 30.6 Å². The summed E-state index contributed by atoms with van der Waals surface area (Å²) in [5.74, 6) is -1.34. The Balaban J connectivity index is 2.20. The minimum absolute atomic E-state index is 0.150. The van der Waals surface area contributed by atoms with E-state index in [9.17, 15) is 14.5 Å². The average molecular weight is 292 g/mol. The lowest BCUT2D eigenvalue weighted by atomic mass is 10.3. The molecule has 0 unspecified atom stereocenters. The zero-order valence-electron chi connectivity index (χ0n) is 11.2. The summed E-state index contributed by atoms with van der Waals surface area (Å²) in [4.78, 5) is 17.9. The zero-order valence-corrected chi connectivity index (χ0v) is 11.2. The maximum absolute atomic E-state index is 13.6. The second kappa shape index (κ2) is 6.71. The van der Waals surface area contributed by atoms with E-state index in [1.165, 1.54) is 18.5 Å². The summed E-state index contributed by atoms with van der Waals surface area (Å²) in [5.41, 5.74) is 0.350. The van der Waals surface area contributed by atoms with Gasteiger partial charge in [0.1, 0.15) is 0 Å². The molecule has 0 spiro atoms. The molecule has 8 heteroatoms. The number of nitro benzene ring substituents is 1. The van der Waals surface area contributed by atoms with E-state index in [4.69, 9.17) is 4.74 Å². The van der Waals surface area contributed by atoms with E-state index in [-0.39, 0.29) is 6.01 Å². The fourth-order valence-electron chi connectivity index (χ4n) is 1.59. The van der Waals surface area contributed by atoms with Crippen molar-refractivity contribution >= 4 is 5.69 Å². The van der Waals surface area contributed by atoms with Crippen LogP contribution in [0.3, 0.4) is 0 Å². The van der Waals surface area contributed by atoms with Crippen molar-refractivity contribution in [3.63, 3.8) is 0 Å². The standard InChI is InChI=1S/C13H13FN4O3/c1-2-15-6-9-7-16-13(17-8-9)21-12-10(14)4-3-5-11(12)18(19)20/h3-5,7-8,15H,2,6H2,1H3. The largest absolute Gasteiger partial charge is 0.414 e. The van der Waals surface area contributed by atoms with Crippen molar-refractivity contribution in [1.82, 2.24) is 15.3 Å². The highest BCUT2D eigenvalue weighted by Crippen LogP contribution is 2.32. The van der Waals surface area contributed by atoms with Crippen molar-refractivity contribution in [2.24, 2.45) is 0 Å². The molecule has 1 heterocycles. The molecular formula is C13H13FN4O3. The quantitative estimate of drug-likeness (QED) is 0.649. The SMILES string of the molecule is CCNCc1cnc(Oc2c(F)cccc2[N+](=O)[O-])nc1. The molecule has 0 amide bonds. The van der Waals surface area contributed by atoms with Gasteiger partial charge >= 0.3 is 11.7 Å². The molecule has 110 valence electrons. The fraction of sp³-hybridized carbons (Fsp3) is 0.231. The van der Waals surface area contributed by atoms with Crippen molar-refractivity contribution in [2.45, 2.75) is 13.5 Å². The third-order valence-corrected chi connectivity index (χ3v) is 2.60. The number of nitrogens with one attached hydrogen (secondary N) is 1. The van der Waals surface area contributed by atoms with Gasteiger partial charge < -0.3 is 10.1 Å². The van der Waals surface area contributed by atoms with Gasteiger partial charge in [0.15, 0.2) is 5.82 Å². The molecule has 1 N–H and O–H groups in total. The third-order valence-electron chi connectivity index (χ3n) is 2.60. The lowest BCUT2D eigenvalue weighted by Gasteiger charge is -2.06. The molecule has 0 bridgehead atoms. The Morgan fingerprint density at radius 2 is 2.10 bits per heavy atom. The molecule has 7 nitrogen and oxygen atoms in total. The number of para-hydroxylation sites is 1. The van der Waals surface area contributed by atoms with Crippen LogP contribution in [0.5, 0.6) is 11.8 Å². The molecule has 2 aromatic rings. The van der Waals surface area contributed by atoms with E-state index in [1.807, 2.05) is 6.92 Å². The highest BCUT2D eigenvalue weighted by molar-refractivity contribution is 5.48. The topological polar surface area (TPSA) is 90.2 Å². The number of hydrogen-bond donors (Lipinski definition) is 1. The molecule has 2 rings (SSSR count). The molecule has 0 fully saturated rings. The number of nitro groups is 1. The normalized spacial score (nSPS) is 10.4. The molecule has 0 saturated heterocycles. The van der Waals surface area contributed by atoms with Crippen molar-refractivity contribution in [1.29, 1.82) is 0 Å². The highest BCUT2D eigenvalue weighted by Gasteiger charge is 2.21. The summed E-state index contributed by atoms with van der Waals surface area (Å²) in [7, 11) is 0. The molecule has 0 radical (unpaired) electrons. The summed E-state index contributed by atoms with van der Waals surface area (Å²) in [6.45, 7) is 3.37. The first-order valence-electron chi connectivity index (χ1n) is 6.24. The van der Waals surface area contributed by atoms with Gasteiger partial charge in [-0.15, -0.1) is 0 Å². The second-order valence-corrected chi connectivity index (χ2v) is 4.10. The Kier molecular flexibility index (Phi) is 4.72. The van der Waals surface area contributed by atoms with Gasteiger partial charge in [0.05, 0.1) is 4.92 Å². The van der Waals surface area contributed by atoms with E-state index in [0.717, 1.165) is 24.2 Å². The lowest BCUT2D eigenvalue weighted by molar-refractivity contribution is -0.385. The zero-order chi connectivity index (χ0) is 15.2. The number of nitrogens with zero attached hydrogens (tertiary/aromatic N) is 3. The van der Waals surface area contributed by atoms with Crippen LogP contribution in [0.4, 0.5) is 10.1 Å². The molecule has 1 aromatic carbocycles. The average Bonchev–Trinajstić information content (AvgIpc) is 2.48. The van der Waals surface area contributed by atoms with Crippen molar-refractivity contribution in [2.75, 3.05) is 6.54 Å². The molecular weight excluding hydrogens is 279 g/mol. The number of rotatable bonds is 6. The fourth-order valence-corrected chi connectivity index (χ4v) is 1.59. The lowest BCUT2D eigenvalue weighted by Crippen LogP contribution is -2.12. The Bertz CT molecular complexity index is 634. The van der Waals surface area contributed by atoms with Gasteiger partial charge in [-0.3, -0.25) is 10.1 Å². The van der Waals surface area contributed by atoms with Gasteiger partial charge in [0.25, 0.3) is 0 Å². The predicted octanol–water partition coefficient (Wildman–Crippen LogP) is 2.43. The highest BCUT2D eigenvalue weighted by atomic mass is 19.1. The molecule has 0 aliphatic heterocycles. The maximum atomic E-state index is 13.6. The Labute approximate surface area is 120 Å². The van der Waals surface area contributed by atoms with Gasteiger partial charge in [-0.25, -0.2) is 14.4 Å². The second-order valence-electron chi connectivity index (χ2n) is 4.10. The van der Waals surface area contributed by atoms with Crippen LogP contribution in [-0.2, 0) is 6.54 Å². The summed E-state index contributed by atoms with van der Waals surface area (Å²) in [5, 5.41) is 13.9. The van der Waals surface area contributed by atoms with E-state index in [0.29, 0.717) is 6.54 Å². The van der Waals surface area contributed by atoms with Crippen LogP contribution in [0.25, 0.3) is 0 Å². The van der Waals surface area contributed by atoms with Crippen LogP contribution >= 0.6 is 0 Å². The first-order valence-corrected chi connectivity index (χ1v) is 6.24. The Hall–Kier alpha value is -2.61. The Morgan fingerprint density at radius 1 is 1.38 bits per heavy atom. The third kappa shape index (κ3) is 3.69. The molecule has 0 aliphatic rings. The number of halogens is 1. The summed E-state index contributed by atoms with van der Waals surface area (Å²) in [6.07, 6.45) is 3.02. The van der Waals surface area contributed by atoms with Crippen molar-refractivity contribution in [3.05, 3.63) is 52.1 Å². The van der Waals surface area contributed by atoms with Crippen molar-refractivity contribution in [3.8, 4) is 11.8 Å². The molecule has 0 aliphatic carbocycles. The summed E-state index contributed by atoms with van der Waals surface area (Å²) in [6, 6.07) is 3.31. The van der Waals surface area contributed by atoms with Crippen LogP contribution < -0.4 is 10.1 Å². The smallest absolute Gasteiger partial charge is 0.322 e. The number of ether oxygens (including phenoxy) is 1. The number of benzene rings is 1. The van der Waals surface area contributed by atoms with Crippen LogP contribution in [0.2, 0.25) is 0 Å². The predicted molar refractivity (Wildman–Crippen MR) is 72.5 cm³/mol. The number of hydrogen-bond acceptors (Lipinski definition) is 6. The molecule has 1 aromatic heterocycles. The molecule has 0 saturated carbocycles. The van der Waals surface area contributed by atoms with E-state index >= 15 is 0 Å². The summed E-state index contributed by atoms with van der Waals surface area (Å²) >= 11 is 0. The first-order chi connectivity index (χ1) is 10.1. The maximum Gasteiger partial charge on any atom is 0.322 e. The van der Waals surface area contributed by atoms with Gasteiger partial charge in [-0.05, 0) is 12.6 Å². The molecule has 0 atom stereocenters. The van der Waals surface area contributed by atoms with Gasteiger partial charge in [0.2, 0.25) is 5.75 Å². The van der Waals surface area contributed by atoms with Crippen LogP contribution in [0.15, 0.2) is 30.6 Å². The van der Waals surface area contributed by atoms with Crippen LogP contribution in [0.1, 0.15) is 12.5 Å². The van der Waals surface area contributed by atoms with E-state index < -0.39 is 22.2 Å². The van der Waals surface area contributed by atoms with E-state index in [2.05, 4.69) is 15.3 Å². The summed E-state index contributed by atoms with van der Waals surface area (Å²) < 4.78 is 18.7. The molecule has 21 heavy (non-hydrogen) atoms.